The van der Waals surface area contributed by atoms with Crippen LogP contribution in [0.1, 0.15) is 0 Å². The molecular formula is C8H9F3N2O3S. The summed E-state index contributed by atoms with van der Waals surface area (Å²) < 4.78 is 61.5. The van der Waals surface area contributed by atoms with Gasteiger partial charge in [-0.1, -0.05) is 0 Å². The molecule has 0 fully saturated rings. The maximum Gasteiger partial charge on any atom is 0.534 e. The number of hydrogen-bond acceptors (Lipinski definition) is 5. The van der Waals surface area contributed by atoms with E-state index in [2.05, 4.69) is 9.17 Å². The Bertz CT molecular complexity index is 499. The van der Waals surface area contributed by atoms with E-state index in [-0.39, 0.29) is 5.82 Å². The van der Waals surface area contributed by atoms with Crippen LogP contribution in [0.25, 0.3) is 0 Å². The van der Waals surface area contributed by atoms with Crippen molar-refractivity contribution in [3.63, 3.8) is 0 Å². The highest BCUT2D eigenvalue weighted by atomic mass is 32.2. The molecule has 9 heteroatoms. The molecule has 0 bridgehead atoms. The first-order valence-electron chi connectivity index (χ1n) is 4.27. The van der Waals surface area contributed by atoms with Gasteiger partial charge in [-0.25, -0.2) is 4.98 Å². The van der Waals surface area contributed by atoms with Gasteiger partial charge in [-0.15, -0.1) is 0 Å². The summed E-state index contributed by atoms with van der Waals surface area (Å²) in [5, 5.41) is 0. The van der Waals surface area contributed by atoms with Gasteiger partial charge in [-0.3, -0.25) is 0 Å². The molecule has 5 nitrogen and oxygen atoms in total. The molecule has 1 aromatic heterocycles. The Morgan fingerprint density at radius 3 is 2.41 bits per heavy atom. The van der Waals surface area contributed by atoms with Crippen LogP contribution < -0.4 is 9.08 Å². The molecule has 0 aliphatic rings. The van der Waals surface area contributed by atoms with Crippen LogP contribution in [-0.4, -0.2) is 33.0 Å². The molecule has 0 amide bonds. The predicted molar refractivity (Wildman–Crippen MR) is 54.2 cm³/mol. The SMILES string of the molecule is CN(C)c1cc(OS(=O)(=O)C(F)(F)F)ccn1. The van der Waals surface area contributed by atoms with Crippen LogP contribution in [0.15, 0.2) is 18.3 Å². The molecule has 96 valence electrons. The Hall–Kier alpha value is -1.51. The molecule has 0 radical (unpaired) electrons. The molecule has 0 N–H and O–H groups in total. The number of pyridine rings is 1. The normalized spacial score (nSPS) is 12.3. The van der Waals surface area contributed by atoms with Crippen LogP contribution in [0.4, 0.5) is 19.0 Å². The number of nitrogens with zero attached hydrogens (tertiary/aromatic N) is 2. The second-order valence-electron chi connectivity index (χ2n) is 3.23. The molecule has 0 spiro atoms. The van der Waals surface area contributed by atoms with Crippen LogP contribution in [0.3, 0.4) is 0 Å². The van der Waals surface area contributed by atoms with Gasteiger partial charge < -0.3 is 9.08 Å². The van der Waals surface area contributed by atoms with Crippen LogP contribution in [0.5, 0.6) is 5.75 Å². The number of anilines is 1. The molecule has 0 unspecified atom stereocenters. The summed E-state index contributed by atoms with van der Waals surface area (Å²) in [4.78, 5) is 5.29. The van der Waals surface area contributed by atoms with E-state index in [4.69, 9.17) is 0 Å². The molecule has 1 heterocycles. The van der Waals surface area contributed by atoms with E-state index < -0.39 is 21.4 Å². The van der Waals surface area contributed by atoms with Crippen molar-refractivity contribution in [2.75, 3.05) is 19.0 Å². The van der Waals surface area contributed by atoms with Crippen LogP contribution >= 0.6 is 0 Å². The van der Waals surface area contributed by atoms with E-state index in [9.17, 15) is 21.6 Å². The predicted octanol–water partition coefficient (Wildman–Crippen LogP) is 1.38. The lowest BCUT2D eigenvalue weighted by molar-refractivity contribution is -0.0500. The summed E-state index contributed by atoms with van der Waals surface area (Å²) in [5.41, 5.74) is -5.45. The Kier molecular flexibility index (Phi) is 3.51. The molecule has 1 aromatic rings. The van der Waals surface area contributed by atoms with Gasteiger partial charge in [0.05, 0.1) is 0 Å². The van der Waals surface area contributed by atoms with Gasteiger partial charge in [0.2, 0.25) is 0 Å². The number of aromatic nitrogens is 1. The smallest absolute Gasteiger partial charge is 0.376 e. The molecule has 0 aliphatic carbocycles. The molecule has 1 rings (SSSR count). The van der Waals surface area contributed by atoms with E-state index in [1.165, 1.54) is 4.90 Å². The number of alkyl halides is 3. The van der Waals surface area contributed by atoms with Crippen LogP contribution in [-0.2, 0) is 10.1 Å². The lowest BCUT2D eigenvalue weighted by atomic mass is 10.4. The lowest BCUT2D eigenvalue weighted by Gasteiger charge is -2.13. The second-order valence-corrected chi connectivity index (χ2v) is 4.77. The third-order valence-electron chi connectivity index (χ3n) is 1.66. The van der Waals surface area contributed by atoms with Gasteiger partial charge in [-0.2, -0.15) is 21.6 Å². The van der Waals surface area contributed by atoms with E-state index in [1.807, 2.05) is 0 Å². The van der Waals surface area contributed by atoms with Crippen molar-refractivity contribution in [3.8, 4) is 5.75 Å². The van der Waals surface area contributed by atoms with Crippen molar-refractivity contribution < 1.29 is 25.8 Å². The third-order valence-corrected chi connectivity index (χ3v) is 2.64. The van der Waals surface area contributed by atoms with Crippen molar-refractivity contribution in [1.29, 1.82) is 0 Å². The minimum Gasteiger partial charge on any atom is -0.376 e. The monoisotopic (exact) mass is 270 g/mol. The molecule has 17 heavy (non-hydrogen) atoms. The summed E-state index contributed by atoms with van der Waals surface area (Å²) in [7, 11) is -2.44. The van der Waals surface area contributed by atoms with Gasteiger partial charge in [-0.05, 0) is 0 Å². The minimum absolute atomic E-state index is 0.278. The van der Waals surface area contributed by atoms with Crippen molar-refractivity contribution in [2.24, 2.45) is 0 Å². The zero-order valence-electron chi connectivity index (χ0n) is 8.89. The Morgan fingerprint density at radius 1 is 1.35 bits per heavy atom. The minimum atomic E-state index is -5.64. The average Bonchev–Trinajstić information content (AvgIpc) is 2.15. The van der Waals surface area contributed by atoms with Crippen molar-refractivity contribution in [1.82, 2.24) is 4.98 Å². The first-order valence-corrected chi connectivity index (χ1v) is 5.68. The molecule has 0 saturated carbocycles. The van der Waals surface area contributed by atoms with E-state index >= 15 is 0 Å². The fourth-order valence-corrected chi connectivity index (χ4v) is 1.32. The lowest BCUT2D eigenvalue weighted by Crippen LogP contribution is -2.28. The Morgan fingerprint density at radius 2 is 1.94 bits per heavy atom. The standard InChI is InChI=1S/C8H9F3N2O3S/c1-13(2)7-5-6(3-4-12-7)16-17(14,15)8(9,10)11/h3-5H,1-2H3. The first kappa shape index (κ1) is 13.6. The summed E-state index contributed by atoms with van der Waals surface area (Å²) in [6, 6.07) is 2.11. The quantitative estimate of drug-likeness (QED) is 0.613. The summed E-state index contributed by atoms with van der Waals surface area (Å²) in [6.45, 7) is 0. The third kappa shape index (κ3) is 3.22. The van der Waals surface area contributed by atoms with Crippen LogP contribution in [0, 0.1) is 0 Å². The fourth-order valence-electron chi connectivity index (χ4n) is 0.870. The van der Waals surface area contributed by atoms with Crippen molar-refractivity contribution in [2.45, 2.75) is 5.51 Å². The maximum absolute atomic E-state index is 12.0. The topological polar surface area (TPSA) is 59.5 Å². The van der Waals surface area contributed by atoms with Gasteiger partial charge >= 0.3 is 15.6 Å². The Balaban J connectivity index is 3.01. The van der Waals surface area contributed by atoms with E-state index in [1.54, 1.807) is 14.1 Å². The zero-order chi connectivity index (χ0) is 13.3. The van der Waals surface area contributed by atoms with Crippen LogP contribution in [0.2, 0.25) is 0 Å². The van der Waals surface area contributed by atoms with Gasteiger partial charge in [0, 0.05) is 32.4 Å². The first-order chi connectivity index (χ1) is 7.63. The molecular weight excluding hydrogens is 261 g/mol. The van der Waals surface area contributed by atoms with E-state index in [0.29, 0.717) is 0 Å². The maximum atomic E-state index is 12.0. The molecule has 0 aromatic carbocycles. The fraction of sp³-hybridized carbons (Fsp3) is 0.375. The van der Waals surface area contributed by atoms with Gasteiger partial charge in [0.1, 0.15) is 11.6 Å². The number of hydrogen-bond donors (Lipinski definition) is 0. The summed E-state index contributed by atoms with van der Waals surface area (Å²) in [5.74, 6) is -0.166. The molecule has 0 aliphatic heterocycles. The molecule has 0 atom stereocenters. The second kappa shape index (κ2) is 4.40. The highest BCUT2D eigenvalue weighted by Crippen LogP contribution is 2.27. The zero-order valence-corrected chi connectivity index (χ0v) is 9.71. The van der Waals surface area contributed by atoms with Gasteiger partial charge in [0.25, 0.3) is 0 Å². The summed E-state index contributed by atoms with van der Waals surface area (Å²) in [6.07, 6.45) is 1.15. The highest BCUT2D eigenvalue weighted by molar-refractivity contribution is 7.87. The van der Waals surface area contributed by atoms with Crippen molar-refractivity contribution in [3.05, 3.63) is 18.3 Å². The number of halogens is 3. The summed E-state index contributed by atoms with van der Waals surface area (Å²) >= 11 is 0. The van der Waals surface area contributed by atoms with Gasteiger partial charge in [0.15, 0.2) is 0 Å². The van der Waals surface area contributed by atoms with Crippen molar-refractivity contribution >= 4 is 15.9 Å². The van der Waals surface area contributed by atoms with E-state index in [0.717, 1.165) is 18.3 Å². The largest absolute Gasteiger partial charge is 0.534 e. The average molecular weight is 270 g/mol. The number of rotatable bonds is 3. The highest BCUT2D eigenvalue weighted by Gasteiger charge is 2.48. The Labute approximate surface area is 96.0 Å². The molecule has 0 saturated heterocycles.